The van der Waals surface area contributed by atoms with E-state index < -0.39 is 23.5 Å². The van der Waals surface area contributed by atoms with Crippen LogP contribution in [0.1, 0.15) is 26.5 Å². The van der Waals surface area contributed by atoms with Gasteiger partial charge in [0.15, 0.2) is 5.82 Å². The number of hydrogen-bond donors (Lipinski definition) is 3. The Morgan fingerprint density at radius 3 is 2.36 bits per heavy atom. The lowest BCUT2D eigenvalue weighted by Gasteiger charge is -2.21. The van der Waals surface area contributed by atoms with Crippen LogP contribution in [0, 0.1) is 0 Å². The molecule has 0 unspecified atom stereocenters. The number of pyridine rings is 2. The van der Waals surface area contributed by atoms with Gasteiger partial charge in [-0.05, 0) is 45.0 Å². The Labute approximate surface area is 187 Å². The highest BCUT2D eigenvalue weighted by Gasteiger charge is 2.32. The molecule has 0 aliphatic rings. The molecule has 0 fully saturated rings. The summed E-state index contributed by atoms with van der Waals surface area (Å²) in [4.78, 5) is 32.6. The Balaban J connectivity index is 2.04. The SMILES string of the molecule is CN(C(=O)O)c1cccc(-c2nc(Nc3ccnc(C(F)(F)F)c3)nc(NC(C)(C)C)n2)n1. The largest absolute Gasteiger partial charge is 0.465 e. The van der Waals surface area contributed by atoms with Crippen molar-refractivity contribution in [3.05, 3.63) is 42.2 Å². The average Bonchev–Trinajstić information content (AvgIpc) is 2.71. The van der Waals surface area contributed by atoms with Crippen LogP contribution in [0.15, 0.2) is 36.5 Å². The minimum atomic E-state index is -4.61. The summed E-state index contributed by atoms with van der Waals surface area (Å²) in [5, 5.41) is 15.0. The fraction of sp³-hybridized carbons (Fsp3) is 0.300. The molecule has 0 saturated carbocycles. The Morgan fingerprint density at radius 2 is 1.73 bits per heavy atom. The Hall–Kier alpha value is -4.03. The number of nitrogens with zero attached hydrogens (tertiary/aromatic N) is 6. The number of rotatable bonds is 5. The second-order valence-electron chi connectivity index (χ2n) is 7.96. The van der Waals surface area contributed by atoms with Crippen LogP contribution >= 0.6 is 0 Å². The third-order valence-corrected chi connectivity index (χ3v) is 4.02. The molecule has 3 rings (SSSR count). The predicted octanol–water partition coefficient (Wildman–Crippen LogP) is 4.42. The van der Waals surface area contributed by atoms with E-state index in [1.165, 1.54) is 19.2 Å². The van der Waals surface area contributed by atoms with Gasteiger partial charge in [-0.2, -0.15) is 28.1 Å². The summed E-state index contributed by atoms with van der Waals surface area (Å²) in [5.74, 6) is 0.345. The summed E-state index contributed by atoms with van der Waals surface area (Å²) < 4.78 is 39.0. The molecule has 0 radical (unpaired) electrons. The second kappa shape index (κ2) is 8.84. The molecule has 0 aliphatic carbocycles. The van der Waals surface area contributed by atoms with Gasteiger partial charge in [-0.1, -0.05) is 6.07 Å². The number of anilines is 4. The van der Waals surface area contributed by atoms with Gasteiger partial charge < -0.3 is 15.7 Å². The molecule has 0 atom stereocenters. The zero-order chi connectivity index (χ0) is 24.4. The normalized spacial score (nSPS) is 11.7. The summed E-state index contributed by atoms with van der Waals surface area (Å²) in [6, 6.07) is 6.84. The van der Waals surface area contributed by atoms with Gasteiger partial charge in [0.1, 0.15) is 17.2 Å². The summed E-state index contributed by atoms with van der Waals surface area (Å²) in [6.45, 7) is 5.63. The quantitative estimate of drug-likeness (QED) is 0.505. The monoisotopic (exact) mass is 462 g/mol. The molecule has 174 valence electrons. The lowest BCUT2D eigenvalue weighted by Crippen LogP contribution is -2.28. The first kappa shape index (κ1) is 23.6. The topological polar surface area (TPSA) is 129 Å². The van der Waals surface area contributed by atoms with E-state index in [4.69, 9.17) is 0 Å². The van der Waals surface area contributed by atoms with Crippen molar-refractivity contribution in [3.8, 4) is 11.5 Å². The van der Waals surface area contributed by atoms with Crippen molar-refractivity contribution in [2.75, 3.05) is 22.6 Å². The number of carbonyl (C=O) groups is 1. The van der Waals surface area contributed by atoms with E-state index in [-0.39, 0.29) is 34.9 Å². The Morgan fingerprint density at radius 1 is 1.03 bits per heavy atom. The van der Waals surface area contributed by atoms with Crippen LogP contribution in [0.25, 0.3) is 11.5 Å². The summed E-state index contributed by atoms with van der Waals surface area (Å²) in [6.07, 6.45) is -4.79. The van der Waals surface area contributed by atoms with Crippen LogP contribution in [0.5, 0.6) is 0 Å². The molecular weight excluding hydrogens is 441 g/mol. The molecule has 10 nitrogen and oxygen atoms in total. The molecule has 3 aromatic heterocycles. The maximum atomic E-state index is 13.0. The molecule has 33 heavy (non-hydrogen) atoms. The van der Waals surface area contributed by atoms with Crippen LogP contribution in [-0.2, 0) is 6.18 Å². The molecule has 0 spiro atoms. The van der Waals surface area contributed by atoms with E-state index in [1.54, 1.807) is 12.1 Å². The minimum absolute atomic E-state index is 0.0372. The van der Waals surface area contributed by atoms with Crippen molar-refractivity contribution in [3.63, 3.8) is 0 Å². The maximum Gasteiger partial charge on any atom is 0.433 e. The van der Waals surface area contributed by atoms with E-state index >= 15 is 0 Å². The van der Waals surface area contributed by atoms with Gasteiger partial charge in [-0.25, -0.2) is 9.78 Å². The highest BCUT2D eigenvalue weighted by atomic mass is 19.4. The van der Waals surface area contributed by atoms with Crippen LogP contribution in [0.2, 0.25) is 0 Å². The van der Waals surface area contributed by atoms with Crippen molar-refractivity contribution >= 4 is 29.5 Å². The lowest BCUT2D eigenvalue weighted by molar-refractivity contribution is -0.141. The van der Waals surface area contributed by atoms with Gasteiger partial charge >= 0.3 is 12.3 Å². The van der Waals surface area contributed by atoms with Gasteiger partial charge in [-0.3, -0.25) is 9.88 Å². The Kier molecular flexibility index (Phi) is 6.33. The minimum Gasteiger partial charge on any atom is -0.465 e. The van der Waals surface area contributed by atoms with Crippen LogP contribution in [0.4, 0.5) is 41.4 Å². The van der Waals surface area contributed by atoms with Crippen molar-refractivity contribution in [1.29, 1.82) is 0 Å². The summed E-state index contributed by atoms with van der Waals surface area (Å²) in [5.41, 5.74) is -1.19. The molecule has 0 aromatic carbocycles. The van der Waals surface area contributed by atoms with Crippen molar-refractivity contribution < 1.29 is 23.1 Å². The first-order chi connectivity index (χ1) is 15.3. The number of nitrogens with one attached hydrogen (secondary N) is 2. The van der Waals surface area contributed by atoms with Gasteiger partial charge in [0.05, 0.1) is 0 Å². The summed E-state index contributed by atoms with van der Waals surface area (Å²) >= 11 is 0. The van der Waals surface area contributed by atoms with Crippen LogP contribution < -0.4 is 15.5 Å². The van der Waals surface area contributed by atoms with Gasteiger partial charge in [0.25, 0.3) is 0 Å². The van der Waals surface area contributed by atoms with Crippen molar-refractivity contribution in [1.82, 2.24) is 24.9 Å². The fourth-order valence-corrected chi connectivity index (χ4v) is 2.56. The highest BCUT2D eigenvalue weighted by molar-refractivity contribution is 5.84. The van der Waals surface area contributed by atoms with Gasteiger partial charge in [0, 0.05) is 24.5 Å². The van der Waals surface area contributed by atoms with E-state index in [9.17, 15) is 23.1 Å². The Bertz CT molecular complexity index is 1160. The number of aromatic nitrogens is 5. The molecule has 3 aromatic rings. The number of carboxylic acid groups (broad SMARTS) is 1. The predicted molar refractivity (Wildman–Crippen MR) is 115 cm³/mol. The van der Waals surface area contributed by atoms with Crippen LogP contribution in [0.3, 0.4) is 0 Å². The molecule has 0 bridgehead atoms. The van der Waals surface area contributed by atoms with Gasteiger partial charge in [0.2, 0.25) is 11.9 Å². The van der Waals surface area contributed by atoms with E-state index in [1.807, 2.05) is 20.8 Å². The summed E-state index contributed by atoms with van der Waals surface area (Å²) in [7, 11) is 1.34. The number of hydrogen-bond acceptors (Lipinski definition) is 8. The van der Waals surface area contributed by atoms with E-state index in [2.05, 4.69) is 35.6 Å². The molecule has 13 heteroatoms. The van der Waals surface area contributed by atoms with Crippen molar-refractivity contribution in [2.24, 2.45) is 0 Å². The first-order valence-electron chi connectivity index (χ1n) is 9.60. The molecular formula is C20H21F3N8O2. The molecule has 3 N–H and O–H groups in total. The van der Waals surface area contributed by atoms with Crippen LogP contribution in [-0.4, -0.2) is 48.7 Å². The molecule has 1 amide bonds. The van der Waals surface area contributed by atoms with Crippen molar-refractivity contribution in [2.45, 2.75) is 32.5 Å². The van der Waals surface area contributed by atoms with E-state index in [0.717, 1.165) is 17.2 Å². The number of halogens is 3. The highest BCUT2D eigenvalue weighted by Crippen LogP contribution is 2.29. The molecule has 3 heterocycles. The zero-order valence-corrected chi connectivity index (χ0v) is 18.1. The van der Waals surface area contributed by atoms with E-state index in [0.29, 0.717) is 0 Å². The standard InChI is InChI=1S/C20H21F3N8O2/c1-19(2,3)30-17-28-15(12-6-5-7-14(26-12)31(4)18(32)33)27-16(29-17)25-11-8-9-24-13(10-11)20(21,22)23/h5-10H,1-4H3,(H,32,33)(H2,24,25,27,28,29,30). The average molecular weight is 462 g/mol. The fourth-order valence-electron chi connectivity index (χ4n) is 2.56. The third kappa shape index (κ3) is 6.24. The second-order valence-corrected chi connectivity index (χ2v) is 7.96. The first-order valence-corrected chi connectivity index (χ1v) is 9.60. The molecule has 0 aliphatic heterocycles. The van der Waals surface area contributed by atoms with Gasteiger partial charge in [-0.15, -0.1) is 0 Å². The third-order valence-electron chi connectivity index (χ3n) is 4.02. The smallest absolute Gasteiger partial charge is 0.433 e. The number of alkyl halides is 3. The zero-order valence-electron chi connectivity index (χ0n) is 18.1. The number of amides is 1. The maximum absolute atomic E-state index is 13.0. The molecule has 0 saturated heterocycles. The lowest BCUT2D eigenvalue weighted by atomic mass is 10.1.